The predicted octanol–water partition coefficient (Wildman–Crippen LogP) is -0.375. The molecule has 1 saturated carbocycles. The van der Waals surface area contributed by atoms with E-state index in [2.05, 4.69) is 0 Å². The van der Waals surface area contributed by atoms with Crippen molar-refractivity contribution in [2.24, 2.45) is 17.4 Å². The van der Waals surface area contributed by atoms with Crippen molar-refractivity contribution in [2.75, 3.05) is 0 Å². The lowest BCUT2D eigenvalue weighted by atomic mass is 9.56. The molecule has 1 aromatic rings. The average Bonchev–Trinajstić information content (AvgIpc) is 2.38. The van der Waals surface area contributed by atoms with Crippen molar-refractivity contribution >= 4 is 17.6 Å². The summed E-state index contributed by atoms with van der Waals surface area (Å²) in [5.41, 5.74) is 8.08. The number of Topliss-reactive ketones (excluding diaryl/α,β-unsaturated/α-hetero) is 1. The van der Waals surface area contributed by atoms with Crippen molar-refractivity contribution in [1.82, 2.24) is 0 Å². The molecule has 112 valence electrons. The minimum Gasteiger partial charge on any atom is -0.388 e. The van der Waals surface area contributed by atoms with Gasteiger partial charge in [0, 0.05) is 6.42 Å². The van der Waals surface area contributed by atoms with Crippen LogP contribution in [0, 0.1) is 5.92 Å². The second kappa shape index (κ2) is 4.96. The molecule has 21 heavy (non-hydrogen) atoms. The molecule has 0 aliphatic heterocycles. The van der Waals surface area contributed by atoms with Crippen molar-refractivity contribution in [3.8, 4) is 0 Å². The van der Waals surface area contributed by atoms with Gasteiger partial charge in [-0.05, 0) is 18.9 Å². The third-order valence-corrected chi connectivity index (χ3v) is 4.37. The number of carbonyl (C=O) groups excluding carboxylic acids is 3. The SMILES string of the molecule is CC1(O)CC(=O)C(C(N)=O)CC1(C(N)=O)c1ccccc1. The molecule has 1 aliphatic carbocycles. The number of carbonyl (C=O) groups is 3. The fraction of sp³-hybridized carbons (Fsp3) is 0.400. The van der Waals surface area contributed by atoms with E-state index in [1.807, 2.05) is 0 Å². The molecular weight excluding hydrogens is 272 g/mol. The molecule has 3 unspecified atom stereocenters. The summed E-state index contributed by atoms with van der Waals surface area (Å²) in [5.74, 6) is -3.19. The van der Waals surface area contributed by atoms with Gasteiger partial charge in [0.15, 0.2) is 0 Å². The van der Waals surface area contributed by atoms with Crippen LogP contribution in [0.25, 0.3) is 0 Å². The smallest absolute Gasteiger partial charge is 0.231 e. The molecule has 0 heterocycles. The van der Waals surface area contributed by atoms with Crippen LogP contribution in [0.1, 0.15) is 25.3 Å². The molecule has 5 N–H and O–H groups in total. The molecule has 0 radical (unpaired) electrons. The van der Waals surface area contributed by atoms with E-state index in [4.69, 9.17) is 11.5 Å². The summed E-state index contributed by atoms with van der Waals surface area (Å²) in [4.78, 5) is 35.6. The number of ketones is 1. The summed E-state index contributed by atoms with van der Waals surface area (Å²) in [6.07, 6.45) is -0.564. The molecule has 0 bridgehead atoms. The molecule has 1 aliphatic rings. The van der Waals surface area contributed by atoms with E-state index in [9.17, 15) is 19.5 Å². The average molecular weight is 290 g/mol. The van der Waals surface area contributed by atoms with E-state index in [1.54, 1.807) is 30.3 Å². The van der Waals surface area contributed by atoms with Gasteiger partial charge in [-0.2, -0.15) is 0 Å². The lowest BCUT2D eigenvalue weighted by Crippen LogP contribution is -2.64. The highest BCUT2D eigenvalue weighted by Crippen LogP contribution is 2.47. The first-order valence-electron chi connectivity index (χ1n) is 6.62. The molecule has 0 aromatic heterocycles. The molecule has 6 nitrogen and oxygen atoms in total. The van der Waals surface area contributed by atoms with E-state index in [1.165, 1.54) is 6.92 Å². The van der Waals surface area contributed by atoms with E-state index in [0.717, 1.165) is 0 Å². The summed E-state index contributed by atoms with van der Waals surface area (Å²) in [5, 5.41) is 10.7. The maximum Gasteiger partial charge on any atom is 0.231 e. The number of rotatable bonds is 3. The highest BCUT2D eigenvalue weighted by Gasteiger charge is 2.60. The van der Waals surface area contributed by atoms with Crippen molar-refractivity contribution in [1.29, 1.82) is 0 Å². The van der Waals surface area contributed by atoms with Gasteiger partial charge in [0.1, 0.15) is 11.2 Å². The summed E-state index contributed by atoms with van der Waals surface area (Å²) in [6, 6.07) is 8.45. The van der Waals surface area contributed by atoms with Crippen LogP contribution in [0.2, 0.25) is 0 Å². The van der Waals surface area contributed by atoms with Gasteiger partial charge in [0.05, 0.1) is 11.5 Å². The predicted molar refractivity (Wildman–Crippen MR) is 74.9 cm³/mol. The number of hydrogen-bond donors (Lipinski definition) is 3. The number of aliphatic hydroxyl groups is 1. The zero-order valence-electron chi connectivity index (χ0n) is 11.7. The third kappa shape index (κ3) is 2.21. The topological polar surface area (TPSA) is 123 Å². The van der Waals surface area contributed by atoms with Gasteiger partial charge in [-0.15, -0.1) is 0 Å². The normalized spacial score (nSPS) is 32.7. The lowest BCUT2D eigenvalue weighted by molar-refractivity contribution is -0.153. The van der Waals surface area contributed by atoms with Crippen LogP contribution < -0.4 is 11.5 Å². The molecule has 2 rings (SSSR count). The molecule has 1 aromatic carbocycles. The van der Waals surface area contributed by atoms with E-state index < -0.39 is 34.5 Å². The lowest BCUT2D eigenvalue weighted by Gasteiger charge is -2.48. The Labute approximate surface area is 122 Å². The van der Waals surface area contributed by atoms with Crippen LogP contribution in [-0.4, -0.2) is 28.3 Å². The standard InChI is InChI=1S/C15H18N2O4/c1-14(21)8-11(18)10(12(16)19)7-15(14,13(17)20)9-5-3-2-4-6-9/h2-6,10,21H,7-8H2,1H3,(H2,16,19)(H2,17,20). The number of benzene rings is 1. The minimum atomic E-state index is -1.68. The highest BCUT2D eigenvalue weighted by atomic mass is 16.3. The summed E-state index contributed by atoms with van der Waals surface area (Å²) >= 11 is 0. The van der Waals surface area contributed by atoms with Crippen molar-refractivity contribution in [3.63, 3.8) is 0 Å². The fourth-order valence-electron chi connectivity index (χ4n) is 3.17. The van der Waals surface area contributed by atoms with Crippen molar-refractivity contribution in [2.45, 2.75) is 30.8 Å². The minimum absolute atomic E-state index is 0.215. The first kappa shape index (κ1) is 15.2. The Morgan fingerprint density at radius 2 is 1.81 bits per heavy atom. The Morgan fingerprint density at radius 3 is 2.29 bits per heavy atom. The molecule has 0 spiro atoms. The molecule has 0 saturated heterocycles. The highest BCUT2D eigenvalue weighted by molar-refractivity contribution is 6.04. The van der Waals surface area contributed by atoms with Gasteiger partial charge in [-0.3, -0.25) is 14.4 Å². The number of primary amides is 2. The maximum atomic E-state index is 12.2. The van der Waals surface area contributed by atoms with Crippen molar-refractivity contribution < 1.29 is 19.5 Å². The first-order valence-corrected chi connectivity index (χ1v) is 6.62. The van der Waals surface area contributed by atoms with E-state index >= 15 is 0 Å². The zero-order valence-corrected chi connectivity index (χ0v) is 11.7. The quantitative estimate of drug-likeness (QED) is 0.657. The van der Waals surface area contributed by atoms with Crippen LogP contribution in [0.5, 0.6) is 0 Å². The molecule has 6 heteroatoms. The second-order valence-electron chi connectivity index (χ2n) is 5.71. The monoisotopic (exact) mass is 290 g/mol. The van der Waals surface area contributed by atoms with Crippen LogP contribution >= 0.6 is 0 Å². The number of nitrogens with two attached hydrogens (primary N) is 2. The Kier molecular flexibility index (Phi) is 3.59. The van der Waals surface area contributed by atoms with Crippen molar-refractivity contribution in [3.05, 3.63) is 35.9 Å². The van der Waals surface area contributed by atoms with E-state index in [0.29, 0.717) is 5.56 Å². The second-order valence-corrected chi connectivity index (χ2v) is 5.71. The van der Waals surface area contributed by atoms with Gasteiger partial charge in [-0.1, -0.05) is 30.3 Å². The summed E-state index contributed by atoms with van der Waals surface area (Å²) in [7, 11) is 0. The summed E-state index contributed by atoms with van der Waals surface area (Å²) < 4.78 is 0. The van der Waals surface area contributed by atoms with Gasteiger partial charge < -0.3 is 16.6 Å². The van der Waals surface area contributed by atoms with E-state index in [-0.39, 0.29) is 12.8 Å². The summed E-state index contributed by atoms with van der Waals surface area (Å²) in [6.45, 7) is 1.39. The van der Waals surface area contributed by atoms with Gasteiger partial charge in [-0.25, -0.2) is 0 Å². The Hall–Kier alpha value is -2.21. The van der Waals surface area contributed by atoms with Crippen LogP contribution in [0.15, 0.2) is 30.3 Å². The number of hydrogen-bond acceptors (Lipinski definition) is 4. The largest absolute Gasteiger partial charge is 0.388 e. The van der Waals surface area contributed by atoms with Crippen LogP contribution in [0.3, 0.4) is 0 Å². The molecule has 2 amide bonds. The Morgan fingerprint density at radius 1 is 1.24 bits per heavy atom. The first-order chi connectivity index (χ1) is 9.72. The van der Waals surface area contributed by atoms with Crippen LogP contribution in [0.4, 0.5) is 0 Å². The van der Waals surface area contributed by atoms with Crippen LogP contribution in [-0.2, 0) is 19.8 Å². The number of amides is 2. The Bertz CT molecular complexity index is 597. The molecule has 3 atom stereocenters. The van der Waals surface area contributed by atoms with Gasteiger partial charge >= 0.3 is 0 Å². The van der Waals surface area contributed by atoms with Gasteiger partial charge in [0.2, 0.25) is 11.8 Å². The molecule has 1 fully saturated rings. The molecular formula is C15H18N2O4. The maximum absolute atomic E-state index is 12.2. The van der Waals surface area contributed by atoms with Gasteiger partial charge in [0.25, 0.3) is 0 Å². The zero-order chi connectivity index (χ0) is 15.8. The Balaban J connectivity index is 2.64. The third-order valence-electron chi connectivity index (χ3n) is 4.37. The fourth-order valence-corrected chi connectivity index (χ4v) is 3.17.